The highest BCUT2D eigenvalue weighted by Gasteiger charge is 2.34. The smallest absolute Gasteiger partial charge is 0.0143 e. The lowest BCUT2D eigenvalue weighted by Gasteiger charge is -2.37. The summed E-state index contributed by atoms with van der Waals surface area (Å²) in [5.41, 5.74) is 0.462. The highest BCUT2D eigenvalue weighted by molar-refractivity contribution is 4.89. The minimum absolute atomic E-state index is 0.462. The predicted octanol–water partition coefficient (Wildman–Crippen LogP) is 3.20. The van der Waals surface area contributed by atoms with Crippen LogP contribution in [0.25, 0.3) is 0 Å². The van der Waals surface area contributed by atoms with Crippen LogP contribution in [0.1, 0.15) is 52.9 Å². The molecule has 0 aromatic carbocycles. The van der Waals surface area contributed by atoms with Crippen molar-refractivity contribution in [1.82, 2.24) is 5.32 Å². The van der Waals surface area contributed by atoms with Gasteiger partial charge in [-0.25, -0.2) is 0 Å². The van der Waals surface area contributed by atoms with Gasteiger partial charge in [0.1, 0.15) is 0 Å². The standard InChI is InChI=1S/C12H25N/c1-5-12(2,3)11(13-4)10-8-6-7-9-10/h10-11,13H,5-9H2,1-4H3. The molecule has 1 atom stereocenters. The SMILES string of the molecule is CCC(C)(C)C(NC)C1CCCC1. The third-order valence-electron chi connectivity index (χ3n) is 3.94. The molecule has 0 aromatic rings. The lowest BCUT2D eigenvalue weighted by molar-refractivity contribution is 0.177. The van der Waals surface area contributed by atoms with E-state index in [1.165, 1.54) is 32.1 Å². The molecule has 78 valence electrons. The van der Waals surface area contributed by atoms with E-state index >= 15 is 0 Å². The number of hydrogen-bond donors (Lipinski definition) is 1. The molecule has 13 heavy (non-hydrogen) atoms. The van der Waals surface area contributed by atoms with Crippen LogP contribution in [0.5, 0.6) is 0 Å². The summed E-state index contributed by atoms with van der Waals surface area (Å²) in [6.45, 7) is 7.10. The van der Waals surface area contributed by atoms with E-state index in [1.54, 1.807) is 0 Å². The van der Waals surface area contributed by atoms with E-state index in [4.69, 9.17) is 0 Å². The second-order valence-electron chi connectivity index (χ2n) is 5.15. The molecule has 0 heterocycles. The fraction of sp³-hybridized carbons (Fsp3) is 1.00. The molecule has 0 amide bonds. The topological polar surface area (TPSA) is 12.0 Å². The Morgan fingerprint density at radius 1 is 1.31 bits per heavy atom. The average molecular weight is 183 g/mol. The highest BCUT2D eigenvalue weighted by Crippen LogP contribution is 2.37. The van der Waals surface area contributed by atoms with Gasteiger partial charge >= 0.3 is 0 Å². The number of hydrogen-bond acceptors (Lipinski definition) is 1. The third kappa shape index (κ3) is 2.46. The van der Waals surface area contributed by atoms with E-state index in [1.807, 2.05) is 0 Å². The Labute approximate surface area is 83.3 Å². The van der Waals surface area contributed by atoms with E-state index in [0.29, 0.717) is 5.41 Å². The third-order valence-corrected chi connectivity index (χ3v) is 3.94. The van der Waals surface area contributed by atoms with Crippen LogP contribution in [0.15, 0.2) is 0 Å². The van der Waals surface area contributed by atoms with Crippen LogP contribution in [0.2, 0.25) is 0 Å². The zero-order chi connectivity index (χ0) is 9.90. The Hall–Kier alpha value is -0.0400. The molecule has 1 aliphatic carbocycles. The van der Waals surface area contributed by atoms with Gasteiger partial charge in [-0.3, -0.25) is 0 Å². The van der Waals surface area contributed by atoms with Gasteiger partial charge in [0.25, 0.3) is 0 Å². The first kappa shape index (κ1) is 11.0. The van der Waals surface area contributed by atoms with Crippen LogP contribution >= 0.6 is 0 Å². The molecule has 0 radical (unpaired) electrons. The fourth-order valence-electron chi connectivity index (χ4n) is 2.78. The molecule has 0 aliphatic heterocycles. The summed E-state index contributed by atoms with van der Waals surface area (Å²) in [7, 11) is 2.13. The summed E-state index contributed by atoms with van der Waals surface area (Å²) in [4.78, 5) is 0. The van der Waals surface area contributed by atoms with Crippen molar-refractivity contribution in [3.8, 4) is 0 Å². The fourth-order valence-corrected chi connectivity index (χ4v) is 2.78. The monoisotopic (exact) mass is 183 g/mol. The molecule has 0 aromatic heterocycles. The summed E-state index contributed by atoms with van der Waals surface area (Å²) in [6, 6.07) is 0.722. The molecular formula is C12H25N. The van der Waals surface area contributed by atoms with Gasteiger partial charge in [-0.2, -0.15) is 0 Å². The second kappa shape index (κ2) is 4.45. The summed E-state index contributed by atoms with van der Waals surface area (Å²) in [6.07, 6.45) is 7.05. The Balaban J connectivity index is 2.59. The van der Waals surface area contributed by atoms with E-state index < -0.39 is 0 Å². The van der Waals surface area contributed by atoms with Gasteiger partial charge in [0.2, 0.25) is 0 Å². The number of rotatable bonds is 4. The molecule has 1 fully saturated rings. The van der Waals surface area contributed by atoms with Crippen LogP contribution in [0, 0.1) is 11.3 Å². The summed E-state index contributed by atoms with van der Waals surface area (Å²) in [5, 5.41) is 3.54. The van der Waals surface area contributed by atoms with Crippen LogP contribution in [-0.4, -0.2) is 13.1 Å². The quantitative estimate of drug-likeness (QED) is 0.706. The molecule has 0 bridgehead atoms. The lowest BCUT2D eigenvalue weighted by atomic mass is 9.75. The molecule has 1 aliphatic rings. The Kier molecular flexibility index (Phi) is 3.78. The molecule has 1 rings (SSSR count). The first-order chi connectivity index (χ1) is 6.11. The Morgan fingerprint density at radius 2 is 1.85 bits per heavy atom. The van der Waals surface area contributed by atoms with Crippen molar-refractivity contribution in [1.29, 1.82) is 0 Å². The van der Waals surface area contributed by atoms with E-state index in [9.17, 15) is 0 Å². The van der Waals surface area contributed by atoms with Crippen molar-refractivity contribution < 1.29 is 0 Å². The van der Waals surface area contributed by atoms with Crippen molar-refractivity contribution in [2.24, 2.45) is 11.3 Å². The van der Waals surface area contributed by atoms with Gasteiger partial charge < -0.3 is 5.32 Å². The van der Waals surface area contributed by atoms with Crippen molar-refractivity contribution >= 4 is 0 Å². The van der Waals surface area contributed by atoms with E-state index in [0.717, 1.165) is 12.0 Å². The van der Waals surface area contributed by atoms with Gasteiger partial charge in [-0.05, 0) is 37.6 Å². The molecule has 1 nitrogen and oxygen atoms in total. The van der Waals surface area contributed by atoms with Crippen molar-refractivity contribution in [3.63, 3.8) is 0 Å². The maximum atomic E-state index is 3.54. The molecular weight excluding hydrogens is 158 g/mol. The minimum Gasteiger partial charge on any atom is -0.316 e. The second-order valence-corrected chi connectivity index (χ2v) is 5.15. The summed E-state index contributed by atoms with van der Waals surface area (Å²) >= 11 is 0. The van der Waals surface area contributed by atoms with Gasteiger partial charge in [0.05, 0.1) is 0 Å². The number of nitrogens with one attached hydrogen (secondary N) is 1. The van der Waals surface area contributed by atoms with Crippen LogP contribution in [-0.2, 0) is 0 Å². The molecule has 1 N–H and O–H groups in total. The van der Waals surface area contributed by atoms with E-state index in [2.05, 4.69) is 33.1 Å². The van der Waals surface area contributed by atoms with Crippen LogP contribution in [0.3, 0.4) is 0 Å². The maximum Gasteiger partial charge on any atom is 0.0143 e. The minimum atomic E-state index is 0.462. The maximum absolute atomic E-state index is 3.54. The predicted molar refractivity (Wildman–Crippen MR) is 58.9 cm³/mol. The van der Waals surface area contributed by atoms with Gasteiger partial charge in [0.15, 0.2) is 0 Å². The first-order valence-electron chi connectivity index (χ1n) is 5.79. The zero-order valence-corrected chi connectivity index (χ0v) is 9.69. The van der Waals surface area contributed by atoms with Gasteiger partial charge in [-0.15, -0.1) is 0 Å². The van der Waals surface area contributed by atoms with Crippen molar-refractivity contribution in [2.75, 3.05) is 7.05 Å². The molecule has 1 unspecified atom stereocenters. The van der Waals surface area contributed by atoms with Gasteiger partial charge in [-0.1, -0.05) is 33.6 Å². The molecule has 0 spiro atoms. The van der Waals surface area contributed by atoms with Crippen LogP contribution in [0.4, 0.5) is 0 Å². The van der Waals surface area contributed by atoms with E-state index in [-0.39, 0.29) is 0 Å². The highest BCUT2D eigenvalue weighted by atomic mass is 14.9. The van der Waals surface area contributed by atoms with Crippen LogP contribution < -0.4 is 5.32 Å². The molecule has 1 heteroatoms. The summed E-state index contributed by atoms with van der Waals surface area (Å²) < 4.78 is 0. The summed E-state index contributed by atoms with van der Waals surface area (Å²) in [5.74, 6) is 0.931. The Bertz CT molecular complexity index is 145. The first-order valence-corrected chi connectivity index (χ1v) is 5.79. The Morgan fingerprint density at radius 3 is 2.23 bits per heavy atom. The average Bonchev–Trinajstić information content (AvgIpc) is 2.58. The van der Waals surface area contributed by atoms with Gasteiger partial charge in [0, 0.05) is 6.04 Å². The van der Waals surface area contributed by atoms with Crippen molar-refractivity contribution in [3.05, 3.63) is 0 Å². The largest absolute Gasteiger partial charge is 0.316 e. The zero-order valence-electron chi connectivity index (χ0n) is 9.69. The normalized spacial score (nSPS) is 22.2. The molecule has 0 saturated heterocycles. The lowest BCUT2D eigenvalue weighted by Crippen LogP contribution is -2.44. The molecule has 1 saturated carbocycles. The van der Waals surface area contributed by atoms with Crippen molar-refractivity contribution in [2.45, 2.75) is 58.9 Å².